The zero-order chi connectivity index (χ0) is 19.2. The summed E-state index contributed by atoms with van der Waals surface area (Å²) in [5.41, 5.74) is 1.73. The average molecular weight is 369 g/mol. The lowest BCUT2D eigenvalue weighted by Crippen LogP contribution is -2.15. The minimum Gasteiger partial charge on any atom is -0.497 e. The standard InChI is InChI=1S/C20H19NO6/c1-24-13-7-8-14(18(11-13)25-2)16(22)12-26-20(23)10-9-19-21-15-5-3-4-6-17(15)27-19/h3-8,11H,9-10,12H2,1-2H3. The number of rotatable bonds is 8. The molecule has 27 heavy (non-hydrogen) atoms. The third-order valence-corrected chi connectivity index (χ3v) is 3.95. The molecule has 1 heterocycles. The van der Waals surface area contributed by atoms with Gasteiger partial charge in [0.1, 0.15) is 17.0 Å². The number of ketones is 1. The summed E-state index contributed by atoms with van der Waals surface area (Å²) in [7, 11) is 2.98. The largest absolute Gasteiger partial charge is 0.497 e. The minimum absolute atomic E-state index is 0.0693. The molecule has 0 atom stereocenters. The maximum absolute atomic E-state index is 12.3. The fourth-order valence-electron chi connectivity index (χ4n) is 2.56. The lowest BCUT2D eigenvalue weighted by molar-refractivity contribution is -0.142. The van der Waals surface area contributed by atoms with Crippen LogP contribution in [0.1, 0.15) is 22.7 Å². The second-order valence-corrected chi connectivity index (χ2v) is 5.73. The van der Waals surface area contributed by atoms with Crippen molar-refractivity contribution in [3.05, 3.63) is 53.9 Å². The molecule has 0 spiro atoms. The first kappa shape index (κ1) is 18.4. The van der Waals surface area contributed by atoms with Crippen molar-refractivity contribution < 1.29 is 28.2 Å². The van der Waals surface area contributed by atoms with Crippen molar-refractivity contribution in [3.8, 4) is 11.5 Å². The number of aryl methyl sites for hydroxylation is 1. The van der Waals surface area contributed by atoms with Crippen molar-refractivity contribution in [2.24, 2.45) is 0 Å². The van der Waals surface area contributed by atoms with Gasteiger partial charge >= 0.3 is 5.97 Å². The van der Waals surface area contributed by atoms with E-state index in [0.717, 1.165) is 5.52 Å². The van der Waals surface area contributed by atoms with E-state index in [2.05, 4.69) is 4.98 Å². The molecule has 140 valence electrons. The Morgan fingerprint density at radius 2 is 1.89 bits per heavy atom. The molecule has 0 fully saturated rings. The number of methoxy groups -OCH3 is 2. The Morgan fingerprint density at radius 3 is 2.63 bits per heavy atom. The third-order valence-electron chi connectivity index (χ3n) is 3.95. The third kappa shape index (κ3) is 4.44. The van der Waals surface area contributed by atoms with Crippen LogP contribution in [-0.4, -0.2) is 37.6 Å². The molecule has 0 aliphatic heterocycles. The summed E-state index contributed by atoms with van der Waals surface area (Å²) >= 11 is 0. The average Bonchev–Trinajstić information content (AvgIpc) is 3.12. The van der Waals surface area contributed by atoms with Gasteiger partial charge in [-0.2, -0.15) is 0 Å². The number of nitrogens with zero attached hydrogens (tertiary/aromatic N) is 1. The Morgan fingerprint density at radius 1 is 1.07 bits per heavy atom. The van der Waals surface area contributed by atoms with Crippen molar-refractivity contribution in [1.82, 2.24) is 4.98 Å². The Kier molecular flexibility index (Phi) is 5.71. The number of benzene rings is 2. The molecule has 0 aliphatic carbocycles. The zero-order valence-corrected chi connectivity index (χ0v) is 15.1. The maximum Gasteiger partial charge on any atom is 0.306 e. The number of hydrogen-bond donors (Lipinski definition) is 0. The van der Waals surface area contributed by atoms with Crippen molar-refractivity contribution in [2.75, 3.05) is 20.8 Å². The van der Waals surface area contributed by atoms with Crippen molar-refractivity contribution in [3.63, 3.8) is 0 Å². The summed E-state index contributed by atoms with van der Waals surface area (Å²) in [6.07, 6.45) is 0.368. The first-order valence-corrected chi connectivity index (χ1v) is 8.36. The summed E-state index contributed by atoms with van der Waals surface area (Å²) in [5, 5.41) is 0. The van der Waals surface area contributed by atoms with Crippen LogP contribution in [-0.2, 0) is 16.0 Å². The van der Waals surface area contributed by atoms with E-state index in [0.29, 0.717) is 35.0 Å². The summed E-state index contributed by atoms with van der Waals surface area (Å²) in [6.45, 7) is -0.366. The van der Waals surface area contributed by atoms with Crippen LogP contribution in [0.4, 0.5) is 0 Å². The molecule has 7 heteroatoms. The fourth-order valence-corrected chi connectivity index (χ4v) is 2.56. The fraction of sp³-hybridized carbons (Fsp3) is 0.250. The highest BCUT2D eigenvalue weighted by Gasteiger charge is 2.16. The SMILES string of the molecule is COc1ccc(C(=O)COC(=O)CCc2nc3ccccc3o2)c(OC)c1. The first-order chi connectivity index (χ1) is 13.1. The summed E-state index contributed by atoms with van der Waals surface area (Å²) < 4.78 is 20.9. The van der Waals surface area contributed by atoms with Gasteiger partial charge in [-0.15, -0.1) is 0 Å². The molecule has 0 bridgehead atoms. The predicted molar refractivity (Wildman–Crippen MR) is 97.2 cm³/mol. The molecule has 0 N–H and O–H groups in total. The number of aromatic nitrogens is 1. The maximum atomic E-state index is 12.3. The molecule has 0 amide bonds. The van der Waals surface area contributed by atoms with Crippen LogP contribution in [0.15, 0.2) is 46.9 Å². The highest BCUT2D eigenvalue weighted by atomic mass is 16.5. The van der Waals surface area contributed by atoms with Gasteiger partial charge in [0.05, 0.1) is 26.2 Å². The van der Waals surface area contributed by atoms with Crippen LogP contribution in [0.2, 0.25) is 0 Å². The molecule has 1 aromatic heterocycles. The van der Waals surface area contributed by atoms with Crippen molar-refractivity contribution in [2.45, 2.75) is 12.8 Å². The predicted octanol–water partition coefficient (Wildman–Crippen LogP) is 3.20. The molecule has 7 nitrogen and oxygen atoms in total. The molecule has 2 aromatic carbocycles. The van der Waals surface area contributed by atoms with Crippen LogP contribution < -0.4 is 9.47 Å². The lowest BCUT2D eigenvalue weighted by atomic mass is 10.1. The van der Waals surface area contributed by atoms with E-state index in [1.54, 1.807) is 18.2 Å². The molecule has 0 radical (unpaired) electrons. The van der Waals surface area contributed by atoms with Gasteiger partial charge in [-0.25, -0.2) is 4.98 Å². The van der Waals surface area contributed by atoms with Gasteiger partial charge in [0.2, 0.25) is 5.78 Å². The second kappa shape index (κ2) is 8.35. The highest BCUT2D eigenvalue weighted by Crippen LogP contribution is 2.25. The number of carbonyl (C=O) groups is 2. The number of esters is 1. The van der Waals surface area contributed by atoms with Crippen LogP contribution in [0.25, 0.3) is 11.1 Å². The van der Waals surface area contributed by atoms with E-state index in [1.807, 2.05) is 24.3 Å². The Hall–Kier alpha value is -3.35. The molecule has 0 unspecified atom stereocenters. The zero-order valence-electron chi connectivity index (χ0n) is 15.1. The van der Waals surface area contributed by atoms with Gasteiger partial charge in [-0.3, -0.25) is 9.59 Å². The summed E-state index contributed by atoms with van der Waals surface area (Å²) in [5.74, 6) is 0.528. The molecule has 3 aromatic rings. The van der Waals surface area contributed by atoms with E-state index in [4.69, 9.17) is 18.6 Å². The van der Waals surface area contributed by atoms with Gasteiger partial charge in [-0.05, 0) is 24.3 Å². The molecule has 0 saturated carbocycles. The van der Waals surface area contributed by atoms with E-state index in [1.165, 1.54) is 14.2 Å². The van der Waals surface area contributed by atoms with Crippen molar-refractivity contribution >= 4 is 22.9 Å². The van der Waals surface area contributed by atoms with E-state index in [9.17, 15) is 9.59 Å². The number of ether oxygens (including phenoxy) is 3. The quantitative estimate of drug-likeness (QED) is 0.445. The number of oxazole rings is 1. The molecule has 3 rings (SSSR count). The smallest absolute Gasteiger partial charge is 0.306 e. The Balaban J connectivity index is 1.53. The number of carbonyl (C=O) groups excluding carboxylic acids is 2. The van der Waals surface area contributed by atoms with Crippen LogP contribution in [0, 0.1) is 0 Å². The molecule has 0 aliphatic rings. The summed E-state index contributed by atoms with van der Waals surface area (Å²) in [6, 6.07) is 12.2. The monoisotopic (exact) mass is 369 g/mol. The topological polar surface area (TPSA) is 87.9 Å². The second-order valence-electron chi connectivity index (χ2n) is 5.73. The molecular formula is C20H19NO6. The van der Waals surface area contributed by atoms with Gasteiger partial charge < -0.3 is 18.6 Å². The van der Waals surface area contributed by atoms with Gasteiger partial charge in [0.15, 0.2) is 18.1 Å². The van der Waals surface area contributed by atoms with Crippen molar-refractivity contribution in [1.29, 1.82) is 0 Å². The van der Waals surface area contributed by atoms with Gasteiger partial charge in [0.25, 0.3) is 0 Å². The Bertz CT molecular complexity index is 929. The van der Waals surface area contributed by atoms with Crippen LogP contribution in [0.3, 0.4) is 0 Å². The minimum atomic E-state index is -0.502. The number of Topliss-reactive ketones (excluding diaryl/α,β-unsaturated/α-hetero) is 1. The normalized spacial score (nSPS) is 10.6. The van der Waals surface area contributed by atoms with E-state index >= 15 is 0 Å². The van der Waals surface area contributed by atoms with Crippen LogP contribution >= 0.6 is 0 Å². The molecule has 0 saturated heterocycles. The molecular weight excluding hydrogens is 350 g/mol. The highest BCUT2D eigenvalue weighted by molar-refractivity contribution is 6.00. The van der Waals surface area contributed by atoms with Crippen LogP contribution in [0.5, 0.6) is 11.5 Å². The number of hydrogen-bond acceptors (Lipinski definition) is 7. The summed E-state index contributed by atoms with van der Waals surface area (Å²) in [4.78, 5) is 28.5. The Labute approximate surface area is 155 Å². The van der Waals surface area contributed by atoms with E-state index in [-0.39, 0.29) is 18.8 Å². The number of fused-ring (bicyclic) bond motifs is 1. The van der Waals surface area contributed by atoms with E-state index < -0.39 is 5.97 Å². The van der Waals surface area contributed by atoms with Gasteiger partial charge in [-0.1, -0.05) is 12.1 Å². The van der Waals surface area contributed by atoms with Gasteiger partial charge in [0, 0.05) is 12.5 Å². The number of para-hydroxylation sites is 2. The first-order valence-electron chi connectivity index (χ1n) is 8.36. The lowest BCUT2D eigenvalue weighted by Gasteiger charge is -2.10.